The predicted molar refractivity (Wildman–Crippen MR) is 77.0 cm³/mol. The molecule has 20 heavy (non-hydrogen) atoms. The standard InChI is InChI=1S/C17H11NO2/c19-11-14-10-13-8-4-5-9-15(13)16(18-14)17(20)12-6-2-1-3-7-12/h1-11H. The van der Waals surface area contributed by atoms with Crippen LogP contribution in [-0.4, -0.2) is 17.1 Å². The minimum Gasteiger partial charge on any atom is -0.296 e. The van der Waals surface area contributed by atoms with E-state index in [1.54, 1.807) is 30.3 Å². The number of carbonyl (C=O) groups excluding carboxylic acids is 2. The maximum absolute atomic E-state index is 12.6. The lowest BCUT2D eigenvalue weighted by Crippen LogP contribution is -2.06. The first-order chi connectivity index (χ1) is 9.79. The van der Waals surface area contributed by atoms with Crippen molar-refractivity contribution in [1.29, 1.82) is 0 Å². The lowest BCUT2D eigenvalue weighted by molar-refractivity contribution is 0.103. The first-order valence-electron chi connectivity index (χ1n) is 6.24. The molecule has 0 fully saturated rings. The molecule has 0 radical (unpaired) electrons. The molecule has 0 saturated carbocycles. The van der Waals surface area contributed by atoms with E-state index in [1.807, 2.05) is 30.3 Å². The first kappa shape index (κ1) is 12.2. The van der Waals surface area contributed by atoms with Crippen molar-refractivity contribution in [2.75, 3.05) is 0 Å². The number of pyridine rings is 1. The highest BCUT2D eigenvalue weighted by Crippen LogP contribution is 2.20. The molecule has 0 bridgehead atoms. The van der Waals surface area contributed by atoms with Crippen LogP contribution in [0.4, 0.5) is 0 Å². The van der Waals surface area contributed by atoms with Gasteiger partial charge in [-0.25, -0.2) is 4.98 Å². The molecule has 0 N–H and O–H groups in total. The van der Waals surface area contributed by atoms with Gasteiger partial charge in [0.2, 0.25) is 5.78 Å². The number of nitrogens with zero attached hydrogens (tertiary/aromatic N) is 1. The molecule has 0 aliphatic heterocycles. The maximum Gasteiger partial charge on any atom is 0.212 e. The van der Waals surface area contributed by atoms with Gasteiger partial charge in [0.1, 0.15) is 11.4 Å². The molecule has 0 spiro atoms. The zero-order valence-electron chi connectivity index (χ0n) is 10.6. The van der Waals surface area contributed by atoms with Gasteiger partial charge in [-0.05, 0) is 11.5 Å². The van der Waals surface area contributed by atoms with Gasteiger partial charge in [-0.15, -0.1) is 0 Å². The molecule has 3 rings (SSSR count). The van der Waals surface area contributed by atoms with Crippen LogP contribution in [-0.2, 0) is 0 Å². The summed E-state index contributed by atoms with van der Waals surface area (Å²) in [5.74, 6) is -0.175. The van der Waals surface area contributed by atoms with Gasteiger partial charge >= 0.3 is 0 Å². The molecule has 0 aliphatic carbocycles. The van der Waals surface area contributed by atoms with E-state index >= 15 is 0 Å². The van der Waals surface area contributed by atoms with Crippen molar-refractivity contribution in [3.63, 3.8) is 0 Å². The van der Waals surface area contributed by atoms with E-state index in [2.05, 4.69) is 4.98 Å². The average Bonchev–Trinajstić information content (AvgIpc) is 2.54. The minimum absolute atomic E-state index is 0.175. The van der Waals surface area contributed by atoms with Crippen LogP contribution in [0.1, 0.15) is 26.5 Å². The molecule has 1 heterocycles. The molecule has 0 amide bonds. The minimum atomic E-state index is -0.175. The highest BCUT2D eigenvalue weighted by molar-refractivity contribution is 6.15. The summed E-state index contributed by atoms with van der Waals surface area (Å²) in [4.78, 5) is 27.7. The molecule has 96 valence electrons. The molecule has 1 aromatic heterocycles. The molecule has 3 aromatic rings. The maximum atomic E-state index is 12.6. The number of carbonyl (C=O) groups is 2. The third-order valence-electron chi connectivity index (χ3n) is 3.13. The smallest absolute Gasteiger partial charge is 0.212 e. The monoisotopic (exact) mass is 261 g/mol. The van der Waals surface area contributed by atoms with Gasteiger partial charge in [0.25, 0.3) is 0 Å². The normalized spacial score (nSPS) is 10.4. The molecular weight excluding hydrogens is 250 g/mol. The van der Waals surface area contributed by atoms with Gasteiger partial charge in [0, 0.05) is 10.9 Å². The van der Waals surface area contributed by atoms with Crippen molar-refractivity contribution in [2.24, 2.45) is 0 Å². The zero-order chi connectivity index (χ0) is 13.9. The van der Waals surface area contributed by atoms with Crippen LogP contribution in [0.25, 0.3) is 10.8 Å². The van der Waals surface area contributed by atoms with Crippen molar-refractivity contribution < 1.29 is 9.59 Å². The van der Waals surface area contributed by atoms with E-state index in [4.69, 9.17) is 0 Å². The summed E-state index contributed by atoms with van der Waals surface area (Å²) in [6.45, 7) is 0. The SMILES string of the molecule is O=Cc1cc2ccccc2c(C(=O)c2ccccc2)n1. The summed E-state index contributed by atoms with van der Waals surface area (Å²) in [5.41, 5.74) is 1.15. The summed E-state index contributed by atoms with van der Waals surface area (Å²) in [6, 6.07) is 18.1. The second kappa shape index (κ2) is 5.05. The fourth-order valence-electron chi connectivity index (χ4n) is 2.18. The summed E-state index contributed by atoms with van der Waals surface area (Å²) < 4.78 is 0. The Morgan fingerprint density at radius 2 is 1.65 bits per heavy atom. The van der Waals surface area contributed by atoms with Crippen LogP contribution < -0.4 is 0 Å². The van der Waals surface area contributed by atoms with Crippen LogP contribution in [0.2, 0.25) is 0 Å². The van der Waals surface area contributed by atoms with Crippen molar-refractivity contribution in [1.82, 2.24) is 4.98 Å². The van der Waals surface area contributed by atoms with Crippen molar-refractivity contribution in [3.8, 4) is 0 Å². The van der Waals surface area contributed by atoms with Crippen LogP contribution >= 0.6 is 0 Å². The van der Waals surface area contributed by atoms with Crippen molar-refractivity contribution >= 4 is 22.8 Å². The largest absolute Gasteiger partial charge is 0.296 e. The number of ketones is 1. The Hall–Kier alpha value is -2.81. The van der Waals surface area contributed by atoms with Gasteiger partial charge in [-0.3, -0.25) is 9.59 Å². The number of benzene rings is 2. The van der Waals surface area contributed by atoms with Crippen LogP contribution in [0.3, 0.4) is 0 Å². The van der Waals surface area contributed by atoms with E-state index in [1.165, 1.54) is 0 Å². The Morgan fingerprint density at radius 3 is 2.40 bits per heavy atom. The van der Waals surface area contributed by atoms with E-state index in [0.29, 0.717) is 17.5 Å². The molecule has 3 nitrogen and oxygen atoms in total. The first-order valence-corrected chi connectivity index (χ1v) is 6.24. The Kier molecular flexibility index (Phi) is 3.09. The molecule has 2 aromatic carbocycles. The average molecular weight is 261 g/mol. The highest BCUT2D eigenvalue weighted by Gasteiger charge is 2.15. The number of rotatable bonds is 3. The number of hydrogen-bond donors (Lipinski definition) is 0. The zero-order valence-corrected chi connectivity index (χ0v) is 10.6. The lowest BCUT2D eigenvalue weighted by atomic mass is 10.0. The highest BCUT2D eigenvalue weighted by atomic mass is 16.1. The summed E-state index contributed by atoms with van der Waals surface area (Å²) >= 11 is 0. The van der Waals surface area contributed by atoms with E-state index in [9.17, 15) is 9.59 Å². The molecular formula is C17H11NO2. The quantitative estimate of drug-likeness (QED) is 0.537. The molecule has 0 saturated heterocycles. The van der Waals surface area contributed by atoms with Gasteiger partial charge in [0.15, 0.2) is 6.29 Å². The predicted octanol–water partition coefficient (Wildman–Crippen LogP) is 3.28. The van der Waals surface area contributed by atoms with Crippen LogP contribution in [0, 0.1) is 0 Å². The Labute approximate surface area is 115 Å². The molecule has 0 aliphatic rings. The summed E-state index contributed by atoms with van der Waals surface area (Å²) in [6.07, 6.45) is 0.661. The summed E-state index contributed by atoms with van der Waals surface area (Å²) in [5, 5.41) is 1.59. The Bertz CT molecular complexity index is 794. The van der Waals surface area contributed by atoms with Crippen molar-refractivity contribution in [3.05, 3.63) is 77.6 Å². The molecule has 0 atom stereocenters. The topological polar surface area (TPSA) is 47.0 Å². The number of aromatic nitrogens is 1. The van der Waals surface area contributed by atoms with Gasteiger partial charge in [0.05, 0.1) is 0 Å². The Morgan fingerprint density at radius 1 is 0.950 bits per heavy atom. The summed E-state index contributed by atoms with van der Waals surface area (Å²) in [7, 11) is 0. The van der Waals surface area contributed by atoms with Crippen molar-refractivity contribution in [2.45, 2.75) is 0 Å². The van der Waals surface area contributed by atoms with Gasteiger partial charge in [-0.1, -0.05) is 54.6 Å². The second-order valence-corrected chi connectivity index (χ2v) is 4.43. The fraction of sp³-hybridized carbons (Fsp3) is 0. The number of hydrogen-bond acceptors (Lipinski definition) is 3. The Balaban J connectivity index is 2.25. The molecule has 0 unspecified atom stereocenters. The third kappa shape index (κ3) is 2.10. The van der Waals surface area contributed by atoms with E-state index in [0.717, 1.165) is 10.8 Å². The fourth-order valence-corrected chi connectivity index (χ4v) is 2.18. The van der Waals surface area contributed by atoms with E-state index in [-0.39, 0.29) is 11.5 Å². The van der Waals surface area contributed by atoms with Gasteiger partial charge < -0.3 is 0 Å². The van der Waals surface area contributed by atoms with Crippen LogP contribution in [0.15, 0.2) is 60.7 Å². The molecule has 3 heteroatoms. The number of fused-ring (bicyclic) bond motifs is 1. The lowest BCUT2D eigenvalue weighted by Gasteiger charge is -2.06. The van der Waals surface area contributed by atoms with Gasteiger partial charge in [-0.2, -0.15) is 0 Å². The third-order valence-corrected chi connectivity index (χ3v) is 3.13. The second-order valence-electron chi connectivity index (χ2n) is 4.43. The van der Waals surface area contributed by atoms with Crippen LogP contribution in [0.5, 0.6) is 0 Å². The van der Waals surface area contributed by atoms with E-state index < -0.39 is 0 Å². The number of aldehydes is 1.